The lowest BCUT2D eigenvalue weighted by Crippen LogP contribution is -2.36. The number of benzene rings is 5. The van der Waals surface area contributed by atoms with E-state index in [0.29, 0.717) is 49.5 Å². The van der Waals surface area contributed by atoms with Gasteiger partial charge in [0, 0.05) is 70.5 Å². The number of rotatable bonds is 4. The molecular weight excluding hydrogens is 736 g/mol. The molecule has 9 rings (SSSR count). The number of anilines is 3. The van der Waals surface area contributed by atoms with Gasteiger partial charge >= 0.3 is 0 Å². The third-order valence-electron chi connectivity index (χ3n) is 10.7. The van der Waals surface area contributed by atoms with Crippen LogP contribution < -0.4 is 9.80 Å². The summed E-state index contributed by atoms with van der Waals surface area (Å²) >= 11 is 6.30. The first-order valence-electron chi connectivity index (χ1n) is 18.5. The Labute approximate surface area is 328 Å². The van der Waals surface area contributed by atoms with Crippen LogP contribution in [0.4, 0.5) is 34.6 Å². The summed E-state index contributed by atoms with van der Waals surface area (Å²) in [7, 11) is 0. The lowest BCUT2D eigenvalue weighted by atomic mass is 9.87. The summed E-state index contributed by atoms with van der Waals surface area (Å²) in [5, 5.41) is 1.98. The van der Waals surface area contributed by atoms with Crippen molar-refractivity contribution in [3.8, 4) is 22.5 Å². The fraction of sp³-hybridized carbons (Fsp3) is 0.217. The summed E-state index contributed by atoms with van der Waals surface area (Å²) < 4.78 is 62.0. The minimum absolute atomic E-state index is 0.0981. The average molecular weight is 775 g/mol. The van der Waals surface area contributed by atoms with E-state index in [1.807, 2.05) is 6.92 Å². The van der Waals surface area contributed by atoms with Gasteiger partial charge in [0.15, 0.2) is 0 Å². The standard InChI is InChI=1S/C30H29F2N3O.C16H10ClF2N/c1-19-28(22-6-4-5-7-25(22)32)33-26-16-20(31)8-10-23(26)29(19)35-18-30(2,3)24-11-9-21(17-27(24)35)34-12-14-36-15-13-34;1-9-15(17)12-7-6-10(18)8-14(12)20-16(9)11-4-2-3-5-13(11)19/h4-11,16-17H,12-15,18H2,1-3H3;2-8H,1H3. The van der Waals surface area contributed by atoms with Crippen molar-refractivity contribution in [2.45, 2.75) is 33.1 Å². The minimum Gasteiger partial charge on any atom is -0.378 e. The van der Waals surface area contributed by atoms with E-state index in [9.17, 15) is 17.6 Å². The van der Waals surface area contributed by atoms with Gasteiger partial charge in [0.25, 0.3) is 0 Å². The molecule has 56 heavy (non-hydrogen) atoms. The van der Waals surface area contributed by atoms with Crippen molar-refractivity contribution in [2.24, 2.45) is 0 Å². The largest absolute Gasteiger partial charge is 0.378 e. The number of fused-ring (bicyclic) bond motifs is 3. The van der Waals surface area contributed by atoms with Gasteiger partial charge in [-0.25, -0.2) is 27.5 Å². The van der Waals surface area contributed by atoms with Crippen LogP contribution in [0, 0.1) is 37.1 Å². The lowest BCUT2D eigenvalue weighted by molar-refractivity contribution is 0.122. The molecule has 5 nitrogen and oxygen atoms in total. The molecular formula is C46H39ClF4N4O. The van der Waals surface area contributed by atoms with E-state index in [4.69, 9.17) is 21.3 Å². The zero-order chi connectivity index (χ0) is 39.3. The van der Waals surface area contributed by atoms with Gasteiger partial charge in [-0.2, -0.15) is 0 Å². The van der Waals surface area contributed by atoms with Gasteiger partial charge in [0.05, 0.1) is 46.3 Å². The fourth-order valence-electron chi connectivity index (χ4n) is 7.89. The summed E-state index contributed by atoms with van der Waals surface area (Å²) in [5.74, 6) is -1.48. The van der Waals surface area contributed by atoms with Crippen LogP contribution in [-0.4, -0.2) is 42.8 Å². The van der Waals surface area contributed by atoms with Gasteiger partial charge in [-0.1, -0.05) is 55.8 Å². The number of morpholine rings is 1. The van der Waals surface area contributed by atoms with Crippen LogP contribution in [0.2, 0.25) is 5.02 Å². The molecule has 10 heteroatoms. The third kappa shape index (κ3) is 6.84. The Morgan fingerprint density at radius 2 is 1.21 bits per heavy atom. The SMILES string of the molecule is Cc1c(-c2ccccc2F)nc2cc(F)ccc2c1Cl.Cc1c(-c2ccccc2F)nc2cc(F)ccc2c1N1CC(C)(C)c2ccc(N3CCOCC3)cc21. The fourth-order valence-corrected chi connectivity index (χ4v) is 8.14. The van der Waals surface area contributed by atoms with E-state index >= 15 is 0 Å². The van der Waals surface area contributed by atoms with Gasteiger partial charge in [0.1, 0.15) is 23.3 Å². The van der Waals surface area contributed by atoms with E-state index in [1.54, 1.807) is 55.5 Å². The monoisotopic (exact) mass is 774 g/mol. The highest BCUT2D eigenvalue weighted by Crippen LogP contribution is 2.49. The number of nitrogens with zero attached hydrogens (tertiary/aromatic N) is 4. The molecule has 1 fully saturated rings. The maximum absolute atomic E-state index is 14.9. The molecule has 2 aliphatic rings. The van der Waals surface area contributed by atoms with Crippen LogP contribution in [0.15, 0.2) is 103 Å². The number of hydrogen-bond acceptors (Lipinski definition) is 5. The molecule has 4 heterocycles. The molecule has 0 radical (unpaired) electrons. The van der Waals surface area contributed by atoms with Gasteiger partial charge in [0.2, 0.25) is 0 Å². The molecule has 0 saturated carbocycles. The summed E-state index contributed by atoms with van der Waals surface area (Å²) in [6.45, 7) is 12.2. The summed E-state index contributed by atoms with van der Waals surface area (Å²) in [4.78, 5) is 13.8. The molecule has 0 atom stereocenters. The predicted molar refractivity (Wildman–Crippen MR) is 218 cm³/mol. The van der Waals surface area contributed by atoms with E-state index in [2.05, 4.69) is 46.8 Å². The van der Waals surface area contributed by atoms with E-state index < -0.39 is 5.82 Å². The van der Waals surface area contributed by atoms with Crippen LogP contribution in [0.1, 0.15) is 30.5 Å². The Morgan fingerprint density at radius 3 is 1.82 bits per heavy atom. The predicted octanol–water partition coefficient (Wildman–Crippen LogP) is 11.9. The summed E-state index contributed by atoms with van der Waals surface area (Å²) in [5.41, 5.74) is 8.64. The lowest BCUT2D eigenvalue weighted by Gasteiger charge is -2.30. The van der Waals surface area contributed by atoms with Gasteiger partial charge in [-0.3, -0.25) is 0 Å². The molecule has 0 aliphatic carbocycles. The smallest absolute Gasteiger partial charge is 0.132 e. The highest BCUT2D eigenvalue weighted by molar-refractivity contribution is 6.36. The maximum Gasteiger partial charge on any atom is 0.132 e. The Morgan fingerprint density at radius 1 is 0.661 bits per heavy atom. The van der Waals surface area contributed by atoms with Gasteiger partial charge in [-0.05, 0) is 91.2 Å². The number of ether oxygens (including phenoxy) is 1. The number of halogens is 5. The highest BCUT2D eigenvalue weighted by atomic mass is 35.5. The number of pyridine rings is 2. The summed E-state index contributed by atoms with van der Waals surface area (Å²) in [6, 6.07) is 28.6. The van der Waals surface area contributed by atoms with Crippen LogP contribution in [0.25, 0.3) is 44.3 Å². The Kier molecular flexibility index (Phi) is 9.93. The van der Waals surface area contributed by atoms with E-state index in [-0.39, 0.29) is 22.9 Å². The molecule has 0 spiro atoms. The van der Waals surface area contributed by atoms with Crippen molar-refractivity contribution in [1.29, 1.82) is 0 Å². The molecule has 284 valence electrons. The first-order chi connectivity index (χ1) is 26.9. The maximum atomic E-state index is 14.9. The van der Waals surface area contributed by atoms with Crippen LogP contribution in [0.3, 0.4) is 0 Å². The minimum atomic E-state index is -0.399. The Hall–Kier alpha value is -5.51. The Bertz CT molecular complexity index is 2640. The zero-order valence-electron chi connectivity index (χ0n) is 31.4. The quantitative estimate of drug-likeness (QED) is 0.167. The molecule has 1 saturated heterocycles. The van der Waals surface area contributed by atoms with Crippen molar-refractivity contribution in [3.63, 3.8) is 0 Å². The zero-order valence-corrected chi connectivity index (χ0v) is 32.2. The number of aromatic nitrogens is 2. The van der Waals surface area contributed by atoms with Crippen molar-refractivity contribution in [3.05, 3.63) is 148 Å². The van der Waals surface area contributed by atoms with E-state index in [1.165, 1.54) is 42.0 Å². The normalized spacial score (nSPS) is 14.9. The van der Waals surface area contributed by atoms with Crippen molar-refractivity contribution in [2.75, 3.05) is 42.6 Å². The summed E-state index contributed by atoms with van der Waals surface area (Å²) in [6.07, 6.45) is 0. The van der Waals surface area contributed by atoms with Crippen molar-refractivity contribution >= 4 is 50.5 Å². The molecule has 7 aromatic rings. The van der Waals surface area contributed by atoms with Crippen molar-refractivity contribution < 1.29 is 22.3 Å². The molecule has 5 aromatic carbocycles. The van der Waals surface area contributed by atoms with Gasteiger partial charge < -0.3 is 14.5 Å². The highest BCUT2D eigenvalue weighted by Gasteiger charge is 2.38. The topological polar surface area (TPSA) is 41.5 Å². The first kappa shape index (κ1) is 37.4. The second-order valence-electron chi connectivity index (χ2n) is 14.9. The molecule has 0 bridgehead atoms. The second-order valence-corrected chi connectivity index (χ2v) is 15.3. The van der Waals surface area contributed by atoms with Crippen LogP contribution in [-0.2, 0) is 10.2 Å². The Balaban J connectivity index is 0.000000186. The van der Waals surface area contributed by atoms with Crippen LogP contribution in [0.5, 0.6) is 0 Å². The van der Waals surface area contributed by atoms with E-state index in [0.717, 1.165) is 60.9 Å². The first-order valence-corrected chi connectivity index (χ1v) is 18.9. The third-order valence-corrected chi connectivity index (χ3v) is 11.2. The average Bonchev–Trinajstić information content (AvgIpc) is 3.46. The van der Waals surface area contributed by atoms with Crippen LogP contribution >= 0.6 is 11.6 Å². The molecule has 0 N–H and O–H groups in total. The molecule has 0 amide bonds. The second kappa shape index (κ2) is 14.9. The number of hydrogen-bond donors (Lipinski definition) is 0. The van der Waals surface area contributed by atoms with Gasteiger partial charge in [-0.15, -0.1) is 0 Å². The van der Waals surface area contributed by atoms with Crippen molar-refractivity contribution in [1.82, 2.24) is 9.97 Å². The molecule has 2 aromatic heterocycles. The molecule has 2 aliphatic heterocycles. The molecule has 0 unspecified atom stereocenters.